The van der Waals surface area contributed by atoms with Crippen LogP contribution in [0.2, 0.25) is 0 Å². The van der Waals surface area contributed by atoms with E-state index in [0.717, 1.165) is 6.42 Å². The second kappa shape index (κ2) is 2.03. The molecule has 3 heteroatoms. The molecule has 0 radical (unpaired) electrons. The number of hydrogen-bond acceptors (Lipinski definition) is 3. The summed E-state index contributed by atoms with van der Waals surface area (Å²) in [6, 6.07) is 0. The fraction of sp³-hybridized carbons (Fsp3) is 0.600. The van der Waals surface area contributed by atoms with Gasteiger partial charge < -0.3 is 4.74 Å². The van der Waals surface area contributed by atoms with Gasteiger partial charge in [0.05, 0.1) is 11.8 Å². The third kappa shape index (κ3) is 0.705. The molecule has 3 nitrogen and oxygen atoms in total. The van der Waals surface area contributed by atoms with Crippen LogP contribution in [0, 0.1) is 23.7 Å². The number of ether oxygens (including phenoxy) is 1. The number of hydrogen-bond donors (Lipinski definition) is 0. The van der Waals surface area contributed by atoms with Gasteiger partial charge in [0, 0.05) is 0 Å². The summed E-state index contributed by atoms with van der Waals surface area (Å²) in [6.45, 7) is 2.04. The van der Waals surface area contributed by atoms with Crippen molar-refractivity contribution in [1.29, 1.82) is 0 Å². The highest BCUT2D eigenvalue weighted by atomic mass is 16.6. The molecule has 0 aromatic rings. The predicted octanol–water partition coefficient (Wildman–Crippen LogP) is 0.898. The lowest BCUT2D eigenvalue weighted by Crippen LogP contribution is -2.23. The van der Waals surface area contributed by atoms with Crippen molar-refractivity contribution < 1.29 is 14.3 Å². The van der Waals surface area contributed by atoms with Crippen molar-refractivity contribution in [3.8, 4) is 0 Å². The normalized spacial score (nSPS) is 46.4. The molecule has 0 aromatic heterocycles. The van der Waals surface area contributed by atoms with E-state index in [1.807, 2.05) is 6.92 Å². The summed E-state index contributed by atoms with van der Waals surface area (Å²) in [7, 11) is 0. The maximum absolute atomic E-state index is 11.3. The van der Waals surface area contributed by atoms with Gasteiger partial charge in [-0.05, 0) is 25.2 Å². The van der Waals surface area contributed by atoms with Crippen LogP contribution in [0.25, 0.3) is 0 Å². The molecule has 2 aliphatic carbocycles. The standard InChI is InChI=1S/C10H10O3/c1-4-2-5-3-6(4)8-7(5)9(11)13-10(8)12/h2,5-8H,3H2,1H3/t5-,6-,7-,8+/m1/s1. The number of fused-ring (bicyclic) bond motifs is 5. The van der Waals surface area contributed by atoms with Crippen LogP contribution < -0.4 is 0 Å². The highest BCUT2D eigenvalue weighted by Crippen LogP contribution is 2.54. The minimum absolute atomic E-state index is 0.150. The van der Waals surface area contributed by atoms with E-state index in [1.165, 1.54) is 5.57 Å². The van der Waals surface area contributed by atoms with Crippen LogP contribution >= 0.6 is 0 Å². The SMILES string of the molecule is CC1=C[C@@H]2C[C@H]1[C@@H]1C(=O)OC(=O)[C@@H]12. The minimum Gasteiger partial charge on any atom is -0.393 e. The molecule has 13 heavy (non-hydrogen) atoms. The smallest absolute Gasteiger partial charge is 0.318 e. The molecule has 1 aliphatic heterocycles. The van der Waals surface area contributed by atoms with Crippen molar-refractivity contribution in [2.75, 3.05) is 0 Å². The van der Waals surface area contributed by atoms with Crippen molar-refractivity contribution >= 4 is 11.9 Å². The van der Waals surface area contributed by atoms with Crippen LogP contribution in [0.1, 0.15) is 13.3 Å². The van der Waals surface area contributed by atoms with Gasteiger partial charge in [-0.1, -0.05) is 11.6 Å². The lowest BCUT2D eigenvalue weighted by Gasteiger charge is -2.17. The van der Waals surface area contributed by atoms with Gasteiger partial charge in [-0.15, -0.1) is 0 Å². The second-order valence-corrected chi connectivity index (χ2v) is 4.21. The summed E-state index contributed by atoms with van der Waals surface area (Å²) in [5, 5.41) is 0. The Morgan fingerprint density at radius 3 is 2.77 bits per heavy atom. The van der Waals surface area contributed by atoms with Crippen LogP contribution in [0.15, 0.2) is 11.6 Å². The highest BCUT2D eigenvalue weighted by Gasteiger charge is 2.59. The molecule has 0 aromatic carbocycles. The zero-order valence-corrected chi connectivity index (χ0v) is 7.32. The summed E-state index contributed by atoms with van der Waals surface area (Å²) in [5.41, 5.74) is 1.26. The Bertz CT molecular complexity index is 342. The number of carbonyl (C=O) groups is 2. The molecule has 2 fully saturated rings. The molecule has 1 saturated carbocycles. The molecular formula is C10H10O3. The molecule has 0 N–H and O–H groups in total. The van der Waals surface area contributed by atoms with Crippen LogP contribution in [-0.2, 0) is 14.3 Å². The number of carbonyl (C=O) groups excluding carboxylic acids is 2. The Kier molecular flexibility index (Phi) is 1.14. The molecule has 0 amide bonds. The number of allylic oxidation sites excluding steroid dienone is 2. The summed E-state index contributed by atoms with van der Waals surface area (Å²) >= 11 is 0. The molecule has 3 aliphatic rings. The summed E-state index contributed by atoms with van der Waals surface area (Å²) in [6.07, 6.45) is 3.10. The van der Waals surface area contributed by atoms with Gasteiger partial charge in [0.15, 0.2) is 0 Å². The average Bonchev–Trinajstić information content (AvgIpc) is 2.64. The minimum atomic E-state index is -0.300. The fourth-order valence-electron chi connectivity index (χ4n) is 3.07. The molecule has 0 unspecified atom stereocenters. The van der Waals surface area contributed by atoms with E-state index in [9.17, 15) is 9.59 Å². The van der Waals surface area contributed by atoms with Gasteiger partial charge in [-0.3, -0.25) is 9.59 Å². The Balaban J connectivity index is 2.08. The van der Waals surface area contributed by atoms with Crippen molar-refractivity contribution in [2.45, 2.75) is 13.3 Å². The van der Waals surface area contributed by atoms with Crippen LogP contribution in [0.4, 0.5) is 0 Å². The van der Waals surface area contributed by atoms with Crippen molar-refractivity contribution in [2.24, 2.45) is 23.7 Å². The van der Waals surface area contributed by atoms with Gasteiger partial charge in [0.25, 0.3) is 0 Å². The van der Waals surface area contributed by atoms with Gasteiger partial charge in [0.2, 0.25) is 0 Å². The summed E-state index contributed by atoms with van der Waals surface area (Å²) < 4.78 is 4.65. The third-order valence-electron chi connectivity index (χ3n) is 3.62. The summed E-state index contributed by atoms with van der Waals surface area (Å²) in [4.78, 5) is 22.6. The fourth-order valence-corrected chi connectivity index (χ4v) is 3.07. The molecule has 1 saturated heterocycles. The van der Waals surface area contributed by atoms with Crippen molar-refractivity contribution in [3.63, 3.8) is 0 Å². The molecule has 68 valence electrons. The largest absolute Gasteiger partial charge is 0.393 e. The topological polar surface area (TPSA) is 43.4 Å². The van der Waals surface area contributed by atoms with E-state index in [4.69, 9.17) is 0 Å². The lowest BCUT2D eigenvalue weighted by atomic mass is 9.82. The van der Waals surface area contributed by atoms with E-state index in [2.05, 4.69) is 10.8 Å². The Morgan fingerprint density at radius 2 is 2.00 bits per heavy atom. The van der Waals surface area contributed by atoms with E-state index in [-0.39, 0.29) is 35.6 Å². The highest BCUT2D eigenvalue weighted by molar-refractivity contribution is 5.98. The first kappa shape index (κ1) is 7.30. The van der Waals surface area contributed by atoms with Crippen LogP contribution in [0.3, 0.4) is 0 Å². The number of cyclic esters (lactones) is 2. The number of esters is 2. The summed E-state index contributed by atoms with van der Waals surface area (Å²) in [5.74, 6) is -0.340. The van der Waals surface area contributed by atoms with Crippen molar-refractivity contribution in [1.82, 2.24) is 0 Å². The zero-order valence-electron chi connectivity index (χ0n) is 7.32. The van der Waals surface area contributed by atoms with Crippen LogP contribution in [0.5, 0.6) is 0 Å². The average molecular weight is 178 g/mol. The Morgan fingerprint density at radius 1 is 1.31 bits per heavy atom. The Labute approximate surface area is 75.8 Å². The molecule has 0 spiro atoms. The van der Waals surface area contributed by atoms with Gasteiger partial charge in [-0.25, -0.2) is 0 Å². The quantitative estimate of drug-likeness (QED) is 0.314. The maximum atomic E-state index is 11.3. The molecule has 2 bridgehead atoms. The first-order valence-corrected chi connectivity index (χ1v) is 4.62. The maximum Gasteiger partial charge on any atom is 0.318 e. The van der Waals surface area contributed by atoms with Crippen LogP contribution in [-0.4, -0.2) is 11.9 Å². The molecule has 3 rings (SSSR count). The molecule has 1 heterocycles. The van der Waals surface area contributed by atoms with E-state index < -0.39 is 0 Å². The van der Waals surface area contributed by atoms with E-state index >= 15 is 0 Å². The third-order valence-corrected chi connectivity index (χ3v) is 3.62. The monoisotopic (exact) mass is 178 g/mol. The van der Waals surface area contributed by atoms with Gasteiger partial charge in [0.1, 0.15) is 0 Å². The second-order valence-electron chi connectivity index (χ2n) is 4.21. The van der Waals surface area contributed by atoms with Crippen molar-refractivity contribution in [3.05, 3.63) is 11.6 Å². The number of rotatable bonds is 0. The van der Waals surface area contributed by atoms with Gasteiger partial charge in [-0.2, -0.15) is 0 Å². The predicted molar refractivity (Wildman–Crippen MR) is 43.4 cm³/mol. The van der Waals surface area contributed by atoms with E-state index in [1.54, 1.807) is 0 Å². The Hall–Kier alpha value is -1.12. The van der Waals surface area contributed by atoms with E-state index in [0.29, 0.717) is 0 Å². The molecular weight excluding hydrogens is 168 g/mol. The van der Waals surface area contributed by atoms with Gasteiger partial charge >= 0.3 is 11.9 Å². The molecule has 4 atom stereocenters. The zero-order chi connectivity index (χ0) is 9.16. The lowest BCUT2D eigenvalue weighted by molar-refractivity contribution is -0.154. The first-order chi connectivity index (χ1) is 6.18. The first-order valence-electron chi connectivity index (χ1n) is 4.62.